The first-order valence-electron chi connectivity index (χ1n) is 7.65. The number of nitrogens with one attached hydrogen (secondary N) is 1. The van der Waals surface area contributed by atoms with Crippen molar-refractivity contribution in [3.8, 4) is 0 Å². The molecule has 3 aromatic rings. The van der Waals surface area contributed by atoms with Gasteiger partial charge in [0.15, 0.2) is 5.78 Å². The number of hydrogen-bond acceptors (Lipinski definition) is 2. The van der Waals surface area contributed by atoms with Crippen LogP contribution >= 0.6 is 11.6 Å². The summed E-state index contributed by atoms with van der Waals surface area (Å²) in [5.74, 6) is -0.313. The molecule has 0 saturated heterocycles. The molecule has 0 aliphatic heterocycles. The van der Waals surface area contributed by atoms with Crippen LogP contribution in [0.3, 0.4) is 0 Å². The van der Waals surface area contributed by atoms with E-state index in [0.29, 0.717) is 10.6 Å². The maximum Gasteiger partial charge on any atom is 0.224 e. The average molecular weight is 338 g/mol. The van der Waals surface area contributed by atoms with Gasteiger partial charge in [-0.25, -0.2) is 0 Å². The van der Waals surface area contributed by atoms with Gasteiger partial charge in [0.1, 0.15) is 0 Å². The predicted molar refractivity (Wildman–Crippen MR) is 96.4 cm³/mol. The smallest absolute Gasteiger partial charge is 0.224 e. The van der Waals surface area contributed by atoms with Crippen LogP contribution in [0, 0.1) is 0 Å². The van der Waals surface area contributed by atoms with Crippen LogP contribution in [0.1, 0.15) is 15.9 Å². The van der Waals surface area contributed by atoms with Crippen LogP contribution in [0.15, 0.2) is 66.7 Å². The number of amides is 1. The van der Waals surface area contributed by atoms with Crippen LogP contribution in [0.25, 0.3) is 10.8 Å². The van der Waals surface area contributed by atoms with E-state index in [1.807, 2.05) is 42.5 Å². The number of carbonyl (C=O) groups excluding carboxylic acids is 2. The number of benzene rings is 3. The standard InChI is InChI=1S/C20H16ClNO2/c21-17-10-8-15(9-11-17)19(23)13-22-20(24)12-16-6-3-5-14-4-1-2-7-18(14)16/h1-11H,12-13H2,(H,22,24). The van der Waals surface area contributed by atoms with Crippen molar-refractivity contribution in [2.75, 3.05) is 6.54 Å². The summed E-state index contributed by atoms with van der Waals surface area (Å²) in [4.78, 5) is 24.2. The molecule has 0 unspecified atom stereocenters. The molecule has 0 heterocycles. The molecule has 0 fully saturated rings. The molecule has 1 amide bonds. The van der Waals surface area contributed by atoms with Crippen molar-refractivity contribution in [1.82, 2.24) is 5.32 Å². The van der Waals surface area contributed by atoms with E-state index in [9.17, 15) is 9.59 Å². The summed E-state index contributed by atoms with van der Waals surface area (Å²) >= 11 is 5.80. The first-order chi connectivity index (χ1) is 11.6. The van der Waals surface area contributed by atoms with Gasteiger partial charge >= 0.3 is 0 Å². The zero-order valence-electron chi connectivity index (χ0n) is 13.0. The van der Waals surface area contributed by atoms with Gasteiger partial charge in [0.25, 0.3) is 0 Å². The molecule has 0 aliphatic carbocycles. The van der Waals surface area contributed by atoms with E-state index in [1.165, 1.54) is 0 Å². The highest BCUT2D eigenvalue weighted by Gasteiger charge is 2.10. The summed E-state index contributed by atoms with van der Waals surface area (Å²) in [6, 6.07) is 20.4. The summed E-state index contributed by atoms with van der Waals surface area (Å²) in [6.07, 6.45) is 0.245. The lowest BCUT2D eigenvalue weighted by atomic mass is 10.0. The highest BCUT2D eigenvalue weighted by molar-refractivity contribution is 6.30. The molecular weight excluding hydrogens is 322 g/mol. The Morgan fingerprint density at radius 3 is 2.38 bits per heavy atom. The fraction of sp³-hybridized carbons (Fsp3) is 0.100. The Morgan fingerprint density at radius 2 is 1.58 bits per heavy atom. The van der Waals surface area contributed by atoms with Crippen molar-refractivity contribution in [2.24, 2.45) is 0 Å². The maximum absolute atomic E-state index is 12.2. The lowest BCUT2D eigenvalue weighted by Gasteiger charge is -2.08. The number of halogens is 1. The Morgan fingerprint density at radius 1 is 0.875 bits per heavy atom. The summed E-state index contributed by atoms with van der Waals surface area (Å²) in [5.41, 5.74) is 1.48. The van der Waals surface area contributed by atoms with E-state index in [-0.39, 0.29) is 24.7 Å². The number of ketones is 1. The fourth-order valence-corrected chi connectivity index (χ4v) is 2.72. The summed E-state index contributed by atoms with van der Waals surface area (Å²) in [6.45, 7) is -0.0226. The van der Waals surface area contributed by atoms with Crippen molar-refractivity contribution < 1.29 is 9.59 Å². The molecule has 0 atom stereocenters. The second kappa shape index (κ2) is 7.28. The maximum atomic E-state index is 12.2. The van der Waals surface area contributed by atoms with Gasteiger partial charge in [-0.3, -0.25) is 9.59 Å². The molecule has 0 aliphatic rings. The molecule has 120 valence electrons. The van der Waals surface area contributed by atoms with E-state index in [2.05, 4.69) is 5.32 Å². The third-order valence-electron chi connectivity index (χ3n) is 3.84. The van der Waals surface area contributed by atoms with Gasteiger partial charge in [0.2, 0.25) is 5.91 Å². The molecule has 3 nitrogen and oxygen atoms in total. The highest BCUT2D eigenvalue weighted by atomic mass is 35.5. The Hall–Kier alpha value is -2.65. The minimum atomic E-state index is -0.173. The first kappa shape index (κ1) is 16.2. The van der Waals surface area contributed by atoms with E-state index < -0.39 is 0 Å². The van der Waals surface area contributed by atoms with Gasteiger partial charge in [-0.05, 0) is 40.6 Å². The lowest BCUT2D eigenvalue weighted by Crippen LogP contribution is -2.30. The van der Waals surface area contributed by atoms with Crippen molar-refractivity contribution in [3.63, 3.8) is 0 Å². The molecule has 1 N–H and O–H groups in total. The largest absolute Gasteiger partial charge is 0.348 e. The number of rotatable bonds is 5. The third-order valence-corrected chi connectivity index (χ3v) is 4.10. The molecule has 0 spiro atoms. The number of carbonyl (C=O) groups is 2. The van der Waals surface area contributed by atoms with E-state index in [0.717, 1.165) is 16.3 Å². The van der Waals surface area contributed by atoms with E-state index in [4.69, 9.17) is 11.6 Å². The van der Waals surface area contributed by atoms with Crippen molar-refractivity contribution in [3.05, 3.63) is 82.9 Å². The van der Waals surface area contributed by atoms with Crippen LogP contribution < -0.4 is 5.32 Å². The summed E-state index contributed by atoms with van der Waals surface area (Å²) in [5, 5.41) is 5.41. The highest BCUT2D eigenvalue weighted by Crippen LogP contribution is 2.18. The SMILES string of the molecule is O=C(Cc1cccc2ccccc12)NCC(=O)c1ccc(Cl)cc1. The van der Waals surface area contributed by atoms with Crippen LogP contribution in [-0.4, -0.2) is 18.2 Å². The van der Waals surface area contributed by atoms with Gasteiger partial charge in [-0.2, -0.15) is 0 Å². The second-order valence-corrected chi connectivity index (χ2v) is 5.96. The molecule has 0 radical (unpaired) electrons. The fourth-order valence-electron chi connectivity index (χ4n) is 2.60. The Kier molecular flexibility index (Phi) is 4.92. The van der Waals surface area contributed by atoms with Crippen LogP contribution in [-0.2, 0) is 11.2 Å². The van der Waals surface area contributed by atoms with Crippen molar-refractivity contribution in [1.29, 1.82) is 0 Å². The van der Waals surface area contributed by atoms with E-state index in [1.54, 1.807) is 24.3 Å². The van der Waals surface area contributed by atoms with Gasteiger partial charge in [-0.1, -0.05) is 54.1 Å². The average Bonchev–Trinajstić information content (AvgIpc) is 2.61. The number of fused-ring (bicyclic) bond motifs is 1. The molecule has 0 saturated carbocycles. The molecule has 3 aromatic carbocycles. The lowest BCUT2D eigenvalue weighted by molar-refractivity contribution is -0.120. The Labute approximate surface area is 145 Å². The van der Waals surface area contributed by atoms with Crippen molar-refractivity contribution in [2.45, 2.75) is 6.42 Å². The minimum Gasteiger partial charge on any atom is -0.348 e. The summed E-state index contributed by atoms with van der Waals surface area (Å²) in [7, 11) is 0. The zero-order chi connectivity index (χ0) is 16.9. The van der Waals surface area contributed by atoms with E-state index >= 15 is 0 Å². The minimum absolute atomic E-state index is 0.0226. The zero-order valence-corrected chi connectivity index (χ0v) is 13.7. The summed E-state index contributed by atoms with van der Waals surface area (Å²) < 4.78 is 0. The molecule has 0 aromatic heterocycles. The Balaban J connectivity index is 1.63. The quantitative estimate of drug-likeness (QED) is 0.714. The molecule has 24 heavy (non-hydrogen) atoms. The predicted octanol–water partition coefficient (Wildman–Crippen LogP) is 4.03. The molecule has 3 rings (SSSR count). The third kappa shape index (κ3) is 3.81. The van der Waals surface area contributed by atoms with Crippen LogP contribution in [0.5, 0.6) is 0 Å². The topological polar surface area (TPSA) is 46.2 Å². The normalized spacial score (nSPS) is 10.5. The van der Waals surface area contributed by atoms with Crippen molar-refractivity contribution >= 4 is 34.1 Å². The Bertz CT molecular complexity index is 882. The van der Waals surface area contributed by atoms with Gasteiger partial charge in [0.05, 0.1) is 13.0 Å². The van der Waals surface area contributed by atoms with Crippen LogP contribution in [0.4, 0.5) is 0 Å². The van der Waals surface area contributed by atoms with Crippen LogP contribution in [0.2, 0.25) is 5.02 Å². The second-order valence-electron chi connectivity index (χ2n) is 5.52. The van der Waals surface area contributed by atoms with Gasteiger partial charge < -0.3 is 5.32 Å². The molecule has 0 bridgehead atoms. The monoisotopic (exact) mass is 337 g/mol. The molecule has 4 heteroatoms. The molecular formula is C20H16ClNO2. The first-order valence-corrected chi connectivity index (χ1v) is 8.03. The van der Waals surface area contributed by atoms with Gasteiger partial charge in [-0.15, -0.1) is 0 Å². The van der Waals surface area contributed by atoms with Gasteiger partial charge in [0, 0.05) is 10.6 Å². The number of Topliss-reactive ketones (excluding diaryl/α,β-unsaturated/α-hetero) is 1. The number of hydrogen-bond donors (Lipinski definition) is 1.